The van der Waals surface area contributed by atoms with Gasteiger partial charge in [0.15, 0.2) is 0 Å². The molecular formula is C17H30ClN3O3S. The van der Waals surface area contributed by atoms with Crippen LogP contribution >= 0.6 is 12.4 Å². The van der Waals surface area contributed by atoms with E-state index in [4.69, 9.17) is 5.73 Å². The maximum atomic E-state index is 12.2. The van der Waals surface area contributed by atoms with Gasteiger partial charge in [0, 0.05) is 24.7 Å². The summed E-state index contributed by atoms with van der Waals surface area (Å²) in [7, 11) is -3.54. The third-order valence-electron chi connectivity index (χ3n) is 3.48. The number of sulfonamides is 1. The molecule has 0 aliphatic heterocycles. The molecule has 144 valence electrons. The summed E-state index contributed by atoms with van der Waals surface area (Å²) >= 11 is 0. The van der Waals surface area contributed by atoms with Crippen LogP contribution in [0.5, 0.6) is 0 Å². The van der Waals surface area contributed by atoms with Crippen molar-refractivity contribution in [2.75, 3.05) is 13.1 Å². The molecule has 0 fully saturated rings. The van der Waals surface area contributed by atoms with E-state index < -0.39 is 10.0 Å². The van der Waals surface area contributed by atoms with E-state index in [9.17, 15) is 13.2 Å². The Labute approximate surface area is 157 Å². The monoisotopic (exact) mass is 391 g/mol. The van der Waals surface area contributed by atoms with Gasteiger partial charge in [-0.3, -0.25) is 4.79 Å². The maximum Gasteiger partial charge on any atom is 0.251 e. The largest absolute Gasteiger partial charge is 0.348 e. The molecule has 0 aliphatic rings. The number of carbonyl (C=O) groups excluding carboxylic acids is 1. The van der Waals surface area contributed by atoms with E-state index in [0.29, 0.717) is 24.6 Å². The van der Waals surface area contributed by atoms with Gasteiger partial charge in [0.2, 0.25) is 10.0 Å². The van der Waals surface area contributed by atoms with Crippen molar-refractivity contribution in [3.8, 4) is 0 Å². The summed E-state index contributed by atoms with van der Waals surface area (Å²) in [6, 6.07) is 5.83. The zero-order valence-corrected chi connectivity index (χ0v) is 16.9. The van der Waals surface area contributed by atoms with Gasteiger partial charge in [-0.15, -0.1) is 12.4 Å². The zero-order valence-electron chi connectivity index (χ0n) is 15.3. The van der Waals surface area contributed by atoms with Crippen LogP contribution in [-0.2, 0) is 10.0 Å². The Morgan fingerprint density at radius 2 is 1.64 bits per heavy atom. The Morgan fingerprint density at radius 1 is 1.08 bits per heavy atom. The standard InChI is InChI=1S/C17H29N3O3S.ClH/c1-12(2)9-15(10-18)20-17(21)14-5-7-16(8-6-14)24(22,23)19-11-13(3)4;/h5-8,12-13,15,19H,9-11,18H2,1-4H3,(H,20,21);1H. The summed E-state index contributed by atoms with van der Waals surface area (Å²) in [5.74, 6) is 0.405. The van der Waals surface area contributed by atoms with Crippen LogP contribution in [0.4, 0.5) is 0 Å². The molecule has 0 saturated heterocycles. The fourth-order valence-corrected chi connectivity index (χ4v) is 3.41. The highest BCUT2D eigenvalue weighted by molar-refractivity contribution is 7.89. The number of carbonyl (C=O) groups is 1. The fraction of sp³-hybridized carbons (Fsp3) is 0.588. The van der Waals surface area contributed by atoms with E-state index in [0.717, 1.165) is 6.42 Å². The Kier molecular flexibility index (Phi) is 10.3. The molecule has 0 aliphatic carbocycles. The number of nitrogens with two attached hydrogens (primary N) is 1. The molecule has 1 aromatic rings. The van der Waals surface area contributed by atoms with E-state index in [-0.39, 0.29) is 35.2 Å². The maximum absolute atomic E-state index is 12.2. The van der Waals surface area contributed by atoms with Gasteiger partial charge in [-0.25, -0.2) is 13.1 Å². The first kappa shape index (κ1) is 23.9. The topological polar surface area (TPSA) is 101 Å². The van der Waals surface area contributed by atoms with Crippen LogP contribution in [0.25, 0.3) is 0 Å². The lowest BCUT2D eigenvalue weighted by molar-refractivity contribution is 0.0933. The predicted molar refractivity (Wildman–Crippen MR) is 103 cm³/mol. The van der Waals surface area contributed by atoms with E-state index in [1.165, 1.54) is 24.3 Å². The fourth-order valence-electron chi connectivity index (χ4n) is 2.20. The first-order chi connectivity index (χ1) is 11.2. The van der Waals surface area contributed by atoms with Crippen LogP contribution in [0.2, 0.25) is 0 Å². The summed E-state index contributed by atoms with van der Waals surface area (Å²) in [4.78, 5) is 12.4. The minimum Gasteiger partial charge on any atom is -0.348 e. The lowest BCUT2D eigenvalue weighted by Crippen LogP contribution is -2.41. The average Bonchev–Trinajstić information content (AvgIpc) is 2.52. The van der Waals surface area contributed by atoms with E-state index in [1.54, 1.807) is 0 Å². The summed E-state index contributed by atoms with van der Waals surface area (Å²) in [5, 5.41) is 2.88. The van der Waals surface area contributed by atoms with E-state index in [2.05, 4.69) is 23.9 Å². The first-order valence-electron chi connectivity index (χ1n) is 8.26. The molecule has 0 spiro atoms. The summed E-state index contributed by atoms with van der Waals surface area (Å²) in [5.41, 5.74) is 6.10. The second-order valence-electron chi connectivity index (χ2n) is 6.81. The number of rotatable bonds is 9. The normalized spacial score (nSPS) is 12.8. The Hall–Kier alpha value is -1.15. The molecule has 1 unspecified atom stereocenters. The number of amides is 1. The van der Waals surface area contributed by atoms with Crippen LogP contribution in [0.1, 0.15) is 44.5 Å². The Morgan fingerprint density at radius 3 is 2.08 bits per heavy atom. The van der Waals surface area contributed by atoms with Gasteiger partial charge in [0.05, 0.1) is 4.90 Å². The van der Waals surface area contributed by atoms with Gasteiger partial charge in [-0.05, 0) is 42.5 Å². The lowest BCUT2D eigenvalue weighted by Gasteiger charge is -2.19. The minimum atomic E-state index is -3.54. The molecule has 25 heavy (non-hydrogen) atoms. The van der Waals surface area contributed by atoms with Crippen molar-refractivity contribution in [3.63, 3.8) is 0 Å². The molecule has 0 bridgehead atoms. The Bertz CT molecular complexity index is 631. The van der Waals surface area contributed by atoms with Gasteiger partial charge < -0.3 is 11.1 Å². The molecule has 0 aromatic heterocycles. The van der Waals surface area contributed by atoms with Crippen LogP contribution in [0.3, 0.4) is 0 Å². The SMILES string of the molecule is CC(C)CNS(=O)(=O)c1ccc(C(=O)NC(CN)CC(C)C)cc1.Cl. The van der Waals surface area contributed by atoms with Crippen molar-refractivity contribution in [2.45, 2.75) is 45.1 Å². The number of hydrogen-bond donors (Lipinski definition) is 3. The van der Waals surface area contributed by atoms with Gasteiger partial charge in [-0.2, -0.15) is 0 Å². The summed E-state index contributed by atoms with van der Waals surface area (Å²) < 4.78 is 26.8. The highest BCUT2D eigenvalue weighted by Crippen LogP contribution is 2.12. The molecule has 1 atom stereocenters. The van der Waals surface area contributed by atoms with Crippen LogP contribution in [-0.4, -0.2) is 33.5 Å². The molecule has 1 rings (SSSR count). The van der Waals surface area contributed by atoms with Crippen molar-refractivity contribution < 1.29 is 13.2 Å². The van der Waals surface area contributed by atoms with E-state index in [1.807, 2.05) is 13.8 Å². The van der Waals surface area contributed by atoms with Gasteiger partial charge in [0.1, 0.15) is 0 Å². The van der Waals surface area contributed by atoms with Crippen molar-refractivity contribution in [2.24, 2.45) is 17.6 Å². The molecule has 0 saturated carbocycles. The number of hydrogen-bond acceptors (Lipinski definition) is 4. The van der Waals surface area contributed by atoms with Crippen molar-refractivity contribution in [3.05, 3.63) is 29.8 Å². The van der Waals surface area contributed by atoms with E-state index >= 15 is 0 Å². The highest BCUT2D eigenvalue weighted by atomic mass is 35.5. The molecule has 8 heteroatoms. The molecule has 4 N–H and O–H groups in total. The zero-order chi connectivity index (χ0) is 18.3. The quantitative estimate of drug-likeness (QED) is 0.600. The predicted octanol–water partition coefficient (Wildman–Crippen LogP) is 2.15. The van der Waals surface area contributed by atoms with Crippen LogP contribution in [0.15, 0.2) is 29.2 Å². The van der Waals surface area contributed by atoms with Crippen molar-refractivity contribution in [1.82, 2.24) is 10.0 Å². The smallest absolute Gasteiger partial charge is 0.251 e. The average molecular weight is 392 g/mol. The lowest BCUT2D eigenvalue weighted by atomic mass is 10.0. The van der Waals surface area contributed by atoms with Crippen molar-refractivity contribution in [1.29, 1.82) is 0 Å². The first-order valence-corrected chi connectivity index (χ1v) is 9.74. The molecule has 1 amide bonds. The second-order valence-corrected chi connectivity index (χ2v) is 8.57. The third-order valence-corrected chi connectivity index (χ3v) is 4.92. The number of nitrogens with one attached hydrogen (secondary N) is 2. The second kappa shape index (κ2) is 10.8. The van der Waals surface area contributed by atoms with Crippen LogP contribution in [0, 0.1) is 11.8 Å². The van der Waals surface area contributed by atoms with Gasteiger partial charge in [-0.1, -0.05) is 27.7 Å². The van der Waals surface area contributed by atoms with Crippen molar-refractivity contribution >= 4 is 28.3 Å². The Balaban J connectivity index is 0.00000576. The highest BCUT2D eigenvalue weighted by Gasteiger charge is 2.17. The number of benzene rings is 1. The van der Waals surface area contributed by atoms with Gasteiger partial charge >= 0.3 is 0 Å². The molecule has 0 radical (unpaired) electrons. The third kappa shape index (κ3) is 8.18. The van der Waals surface area contributed by atoms with Crippen LogP contribution < -0.4 is 15.8 Å². The molecular weight excluding hydrogens is 362 g/mol. The molecule has 1 aromatic carbocycles. The summed E-state index contributed by atoms with van der Waals surface area (Å²) in [6.45, 7) is 8.74. The number of halogens is 1. The molecule has 0 heterocycles. The summed E-state index contributed by atoms with van der Waals surface area (Å²) in [6.07, 6.45) is 0.799. The molecule has 6 nitrogen and oxygen atoms in total. The van der Waals surface area contributed by atoms with Gasteiger partial charge in [0.25, 0.3) is 5.91 Å². The minimum absolute atomic E-state index is 0.